The number of Topliss-reactive ketones (excluding diaryl/α,β-unsaturated/α-hetero) is 1. The average Bonchev–Trinajstić information content (AvgIpc) is 2.18. The molecule has 0 radical (unpaired) electrons. The maximum Gasteiger partial charge on any atom is 0.418 e. The first-order chi connectivity index (χ1) is 7.71. The fraction of sp³-hybridized carbons (Fsp3) is 0.200. The second kappa shape index (κ2) is 4.75. The number of nitrogens with one attached hydrogen (secondary N) is 1. The number of benzene rings is 1. The van der Waals surface area contributed by atoms with E-state index in [1.807, 2.05) is 5.32 Å². The van der Waals surface area contributed by atoms with Gasteiger partial charge in [0.1, 0.15) is 0 Å². The molecular weight excluding hydrogens is 259 g/mol. The first-order valence-electron chi connectivity index (χ1n) is 4.40. The zero-order valence-corrected chi connectivity index (χ0v) is 9.32. The Morgan fingerprint density at radius 3 is 2.35 bits per heavy atom. The van der Waals surface area contributed by atoms with Gasteiger partial charge in [-0.1, -0.05) is 11.6 Å². The summed E-state index contributed by atoms with van der Waals surface area (Å²) in [6.45, 7) is 0.957. The van der Waals surface area contributed by atoms with Gasteiger partial charge in [0, 0.05) is 11.9 Å². The van der Waals surface area contributed by atoms with Crippen LogP contribution in [-0.4, -0.2) is 11.7 Å². The Morgan fingerprint density at radius 1 is 1.29 bits per heavy atom. The third kappa shape index (κ3) is 3.45. The van der Waals surface area contributed by atoms with Gasteiger partial charge in [0.2, 0.25) is 5.78 Å². The zero-order chi connectivity index (χ0) is 13.2. The number of anilines is 1. The van der Waals surface area contributed by atoms with Crippen LogP contribution in [-0.2, 0) is 15.8 Å². The van der Waals surface area contributed by atoms with Gasteiger partial charge in [-0.25, -0.2) is 0 Å². The van der Waals surface area contributed by atoms with Gasteiger partial charge in [0.25, 0.3) is 5.91 Å². The maximum atomic E-state index is 12.6. The van der Waals surface area contributed by atoms with Crippen LogP contribution >= 0.6 is 11.6 Å². The highest BCUT2D eigenvalue weighted by molar-refractivity contribution is 6.39. The summed E-state index contributed by atoms with van der Waals surface area (Å²) < 4.78 is 37.8. The molecule has 92 valence electrons. The highest BCUT2D eigenvalue weighted by Gasteiger charge is 2.34. The number of alkyl halides is 3. The lowest BCUT2D eigenvalue weighted by Gasteiger charge is -2.13. The lowest BCUT2D eigenvalue weighted by Crippen LogP contribution is -2.22. The number of hydrogen-bond acceptors (Lipinski definition) is 2. The Morgan fingerprint density at radius 2 is 1.88 bits per heavy atom. The van der Waals surface area contributed by atoms with Crippen LogP contribution in [0.3, 0.4) is 0 Å². The summed E-state index contributed by atoms with van der Waals surface area (Å²) in [7, 11) is 0. The smallest absolute Gasteiger partial charge is 0.319 e. The molecule has 0 saturated heterocycles. The van der Waals surface area contributed by atoms with Crippen molar-refractivity contribution in [3.8, 4) is 0 Å². The first-order valence-corrected chi connectivity index (χ1v) is 4.78. The average molecular weight is 266 g/mol. The van der Waals surface area contributed by atoms with E-state index in [0.717, 1.165) is 13.0 Å². The van der Waals surface area contributed by atoms with E-state index < -0.39 is 29.1 Å². The predicted octanol–water partition coefficient (Wildman–Crippen LogP) is 2.89. The minimum Gasteiger partial charge on any atom is -0.319 e. The molecule has 0 heterocycles. The second-order valence-electron chi connectivity index (χ2n) is 3.20. The normalized spacial score (nSPS) is 11.1. The van der Waals surface area contributed by atoms with Crippen molar-refractivity contribution < 1.29 is 22.8 Å². The van der Waals surface area contributed by atoms with Gasteiger partial charge in [-0.15, -0.1) is 0 Å². The molecule has 7 heteroatoms. The van der Waals surface area contributed by atoms with Crippen molar-refractivity contribution in [2.24, 2.45) is 0 Å². The largest absolute Gasteiger partial charge is 0.418 e. The minimum absolute atomic E-state index is 0.113. The lowest BCUT2D eigenvalue weighted by molar-refractivity contribution is -0.137. The van der Waals surface area contributed by atoms with Gasteiger partial charge < -0.3 is 5.32 Å². The molecule has 0 aliphatic heterocycles. The SMILES string of the molecule is CC(=O)C(=O)Nc1ccc(Cl)cc1C(F)(F)F. The number of hydrogen-bond donors (Lipinski definition) is 1. The third-order valence-corrected chi connectivity index (χ3v) is 2.09. The highest BCUT2D eigenvalue weighted by Crippen LogP contribution is 2.36. The topological polar surface area (TPSA) is 46.2 Å². The molecule has 0 saturated carbocycles. The van der Waals surface area contributed by atoms with Crippen LogP contribution in [0.4, 0.5) is 18.9 Å². The van der Waals surface area contributed by atoms with E-state index in [-0.39, 0.29) is 5.02 Å². The molecule has 1 aromatic rings. The van der Waals surface area contributed by atoms with Crippen molar-refractivity contribution >= 4 is 29.0 Å². The summed E-state index contributed by atoms with van der Waals surface area (Å²) in [5.41, 5.74) is -1.60. The molecule has 0 fully saturated rings. The van der Waals surface area contributed by atoms with Crippen LogP contribution in [0.2, 0.25) is 5.02 Å². The van der Waals surface area contributed by atoms with Crippen LogP contribution < -0.4 is 5.32 Å². The maximum absolute atomic E-state index is 12.6. The van der Waals surface area contributed by atoms with Crippen molar-refractivity contribution in [2.45, 2.75) is 13.1 Å². The number of halogens is 4. The molecule has 0 atom stereocenters. The van der Waals surface area contributed by atoms with Crippen LogP contribution in [0.15, 0.2) is 18.2 Å². The molecule has 0 bridgehead atoms. The van der Waals surface area contributed by atoms with Gasteiger partial charge in [-0.05, 0) is 18.2 Å². The lowest BCUT2D eigenvalue weighted by atomic mass is 10.1. The van der Waals surface area contributed by atoms with Crippen LogP contribution in [0.1, 0.15) is 12.5 Å². The van der Waals surface area contributed by atoms with Gasteiger partial charge in [-0.2, -0.15) is 13.2 Å². The summed E-state index contributed by atoms with van der Waals surface area (Å²) in [5.74, 6) is -1.99. The van der Waals surface area contributed by atoms with Crippen molar-refractivity contribution in [1.82, 2.24) is 0 Å². The van der Waals surface area contributed by atoms with Crippen molar-refractivity contribution in [1.29, 1.82) is 0 Å². The van der Waals surface area contributed by atoms with E-state index in [9.17, 15) is 22.8 Å². The molecular formula is C10H7ClF3NO2. The predicted molar refractivity (Wildman–Crippen MR) is 55.8 cm³/mol. The second-order valence-corrected chi connectivity index (χ2v) is 3.63. The number of amides is 1. The Balaban J connectivity index is 3.16. The molecule has 1 rings (SSSR count). The summed E-state index contributed by atoms with van der Waals surface area (Å²) in [6.07, 6.45) is -4.66. The third-order valence-electron chi connectivity index (χ3n) is 1.85. The van der Waals surface area contributed by atoms with E-state index in [4.69, 9.17) is 11.6 Å². The molecule has 0 aliphatic rings. The van der Waals surface area contributed by atoms with Gasteiger partial charge >= 0.3 is 6.18 Å². The summed E-state index contributed by atoms with van der Waals surface area (Å²) >= 11 is 5.44. The van der Waals surface area contributed by atoms with Crippen LogP contribution in [0, 0.1) is 0 Å². The van der Waals surface area contributed by atoms with Crippen molar-refractivity contribution in [2.75, 3.05) is 5.32 Å². The standard InChI is InChI=1S/C10H7ClF3NO2/c1-5(16)9(17)15-8-3-2-6(11)4-7(8)10(12,13)14/h2-4H,1H3,(H,15,17). The summed E-state index contributed by atoms with van der Waals surface area (Å²) in [4.78, 5) is 21.7. The molecule has 3 nitrogen and oxygen atoms in total. The molecule has 0 unspecified atom stereocenters. The Hall–Kier alpha value is -1.56. The fourth-order valence-corrected chi connectivity index (χ4v) is 1.24. The molecule has 0 spiro atoms. The minimum atomic E-state index is -4.66. The number of ketones is 1. The van der Waals surface area contributed by atoms with E-state index in [1.54, 1.807) is 0 Å². The number of carbonyl (C=O) groups excluding carboxylic acids is 2. The van der Waals surface area contributed by atoms with Crippen molar-refractivity contribution in [3.05, 3.63) is 28.8 Å². The molecule has 17 heavy (non-hydrogen) atoms. The zero-order valence-electron chi connectivity index (χ0n) is 8.56. The first kappa shape index (κ1) is 13.5. The molecule has 0 aliphatic carbocycles. The number of carbonyl (C=O) groups is 2. The van der Waals surface area contributed by atoms with E-state index in [2.05, 4.69) is 0 Å². The van der Waals surface area contributed by atoms with Gasteiger partial charge in [0.05, 0.1) is 11.3 Å². The Bertz CT molecular complexity index is 471. The summed E-state index contributed by atoms with van der Waals surface area (Å²) in [6, 6.07) is 2.86. The monoisotopic (exact) mass is 265 g/mol. The quantitative estimate of drug-likeness (QED) is 0.836. The molecule has 1 amide bonds. The van der Waals surface area contributed by atoms with Gasteiger partial charge in [-0.3, -0.25) is 9.59 Å². The molecule has 1 aromatic carbocycles. The Kier molecular flexibility index (Phi) is 3.77. The van der Waals surface area contributed by atoms with Gasteiger partial charge in [0.15, 0.2) is 0 Å². The Labute approximate surface area is 99.6 Å². The van der Waals surface area contributed by atoms with E-state index in [1.165, 1.54) is 6.07 Å². The highest BCUT2D eigenvalue weighted by atomic mass is 35.5. The van der Waals surface area contributed by atoms with E-state index >= 15 is 0 Å². The van der Waals surface area contributed by atoms with Crippen LogP contribution in [0.25, 0.3) is 0 Å². The van der Waals surface area contributed by atoms with Crippen LogP contribution in [0.5, 0.6) is 0 Å². The molecule has 0 aromatic heterocycles. The fourth-order valence-electron chi connectivity index (χ4n) is 1.07. The van der Waals surface area contributed by atoms with Crippen molar-refractivity contribution in [3.63, 3.8) is 0 Å². The summed E-state index contributed by atoms with van der Waals surface area (Å²) in [5, 5.41) is 1.76. The number of rotatable bonds is 2. The molecule has 1 N–H and O–H groups in total. The van der Waals surface area contributed by atoms with E-state index in [0.29, 0.717) is 6.07 Å².